The number of hydrogen-bond donors (Lipinski definition) is 1. The summed E-state index contributed by atoms with van der Waals surface area (Å²) in [7, 11) is 1.59. The van der Waals surface area contributed by atoms with Gasteiger partial charge in [-0.3, -0.25) is 14.4 Å². The fourth-order valence-electron chi connectivity index (χ4n) is 7.45. The molecule has 3 aliphatic rings. The standard InChI is InChI=1S/C35H42BrN3O5S/c1-5-17-37(18-6-2)32(41)28-29-33(42)39(25(22-40)20-23-11-9-8-10-12-23)31(35(29)21-27(36)30(28)45-35)34(43)38(19-7-3)24-13-15-26(44-4)16-14-24/h5,7-16,25,27-31,40H,1,3,6,17-22H2,2,4H3/t25-,27?,28-,29+,30-,31?,35?/m1/s1. The van der Waals surface area contributed by atoms with Gasteiger partial charge in [0.15, 0.2) is 0 Å². The highest BCUT2D eigenvalue weighted by atomic mass is 79.9. The molecule has 3 saturated heterocycles. The van der Waals surface area contributed by atoms with Gasteiger partial charge in [0, 0.05) is 35.4 Å². The average molecular weight is 697 g/mol. The first-order chi connectivity index (χ1) is 21.8. The number of anilines is 1. The molecule has 3 heterocycles. The van der Waals surface area contributed by atoms with Crippen LogP contribution in [0.2, 0.25) is 0 Å². The Kier molecular flexibility index (Phi) is 10.5. The summed E-state index contributed by atoms with van der Waals surface area (Å²) in [6.45, 7) is 10.7. The van der Waals surface area contributed by atoms with E-state index in [1.165, 1.54) is 0 Å². The second kappa shape index (κ2) is 14.1. The number of alkyl halides is 1. The minimum Gasteiger partial charge on any atom is -0.497 e. The summed E-state index contributed by atoms with van der Waals surface area (Å²) < 4.78 is 4.49. The highest BCUT2D eigenvalue weighted by Gasteiger charge is 2.76. The molecule has 3 amide bonds. The topological polar surface area (TPSA) is 90.4 Å². The second-order valence-electron chi connectivity index (χ2n) is 11.9. The number of likely N-dealkylation sites (tertiary alicyclic amines) is 1. The van der Waals surface area contributed by atoms with Crippen molar-refractivity contribution in [2.75, 3.05) is 38.3 Å². The van der Waals surface area contributed by atoms with Gasteiger partial charge in [-0.05, 0) is 49.1 Å². The van der Waals surface area contributed by atoms with Crippen molar-refractivity contribution in [2.24, 2.45) is 11.8 Å². The maximum absolute atomic E-state index is 15.0. The molecule has 1 N–H and O–H groups in total. The molecular formula is C35H42BrN3O5S. The predicted octanol–water partition coefficient (Wildman–Crippen LogP) is 4.71. The van der Waals surface area contributed by atoms with E-state index in [1.54, 1.807) is 57.9 Å². The van der Waals surface area contributed by atoms with E-state index in [-0.39, 0.29) is 41.0 Å². The average Bonchev–Trinajstić information content (AvgIpc) is 3.65. The van der Waals surface area contributed by atoms with Crippen LogP contribution in [0.1, 0.15) is 25.3 Å². The third kappa shape index (κ3) is 5.97. The first-order valence-corrected chi connectivity index (χ1v) is 17.3. The van der Waals surface area contributed by atoms with Gasteiger partial charge in [0.2, 0.25) is 11.8 Å². The zero-order valence-electron chi connectivity index (χ0n) is 25.9. The molecule has 3 aliphatic heterocycles. The molecular weight excluding hydrogens is 654 g/mol. The lowest BCUT2D eigenvalue weighted by atomic mass is 9.70. The van der Waals surface area contributed by atoms with Gasteiger partial charge in [0.05, 0.1) is 36.3 Å². The third-order valence-electron chi connectivity index (χ3n) is 9.28. The van der Waals surface area contributed by atoms with Crippen molar-refractivity contribution in [1.29, 1.82) is 0 Å². The van der Waals surface area contributed by atoms with E-state index in [9.17, 15) is 14.7 Å². The van der Waals surface area contributed by atoms with Crippen LogP contribution >= 0.6 is 27.7 Å². The summed E-state index contributed by atoms with van der Waals surface area (Å²) in [4.78, 5) is 49.1. The van der Waals surface area contributed by atoms with E-state index < -0.39 is 28.7 Å². The molecule has 45 heavy (non-hydrogen) atoms. The van der Waals surface area contributed by atoms with Gasteiger partial charge < -0.3 is 24.5 Å². The van der Waals surface area contributed by atoms with Crippen molar-refractivity contribution in [3.8, 4) is 5.75 Å². The van der Waals surface area contributed by atoms with Crippen molar-refractivity contribution >= 4 is 51.1 Å². The van der Waals surface area contributed by atoms with Crippen LogP contribution in [0.5, 0.6) is 5.75 Å². The van der Waals surface area contributed by atoms with E-state index in [0.717, 1.165) is 12.0 Å². The minimum absolute atomic E-state index is 0.0569. The monoisotopic (exact) mass is 695 g/mol. The fraction of sp³-hybridized carbons (Fsp3) is 0.457. The van der Waals surface area contributed by atoms with Gasteiger partial charge in [0.25, 0.3) is 5.91 Å². The number of aliphatic hydroxyl groups excluding tert-OH is 1. The number of halogens is 1. The molecule has 240 valence electrons. The fourth-order valence-corrected chi connectivity index (χ4v) is 11.0. The van der Waals surface area contributed by atoms with E-state index in [0.29, 0.717) is 37.4 Å². The number of amides is 3. The number of aliphatic hydroxyl groups is 1. The molecule has 0 saturated carbocycles. The lowest BCUT2D eigenvalue weighted by Crippen LogP contribution is -2.58. The molecule has 2 aromatic carbocycles. The van der Waals surface area contributed by atoms with Crippen molar-refractivity contribution < 1.29 is 24.2 Å². The molecule has 0 aliphatic carbocycles. The molecule has 3 unspecified atom stereocenters. The van der Waals surface area contributed by atoms with E-state index in [1.807, 2.05) is 49.4 Å². The van der Waals surface area contributed by atoms with Crippen molar-refractivity contribution in [1.82, 2.24) is 9.80 Å². The number of methoxy groups -OCH3 is 1. The normalized spacial score (nSPS) is 27.2. The van der Waals surface area contributed by atoms with E-state index in [4.69, 9.17) is 4.74 Å². The molecule has 2 aromatic rings. The number of benzene rings is 2. The van der Waals surface area contributed by atoms with Gasteiger partial charge >= 0.3 is 0 Å². The summed E-state index contributed by atoms with van der Waals surface area (Å²) in [5.74, 6) is -1.20. The third-order valence-corrected chi connectivity index (χ3v) is 12.5. The zero-order valence-corrected chi connectivity index (χ0v) is 28.3. The molecule has 5 rings (SSSR count). The minimum atomic E-state index is -0.898. The van der Waals surface area contributed by atoms with Crippen LogP contribution in [-0.2, 0) is 20.8 Å². The molecule has 2 bridgehead atoms. The SMILES string of the molecule is C=CCN(CCC)C(=O)[C@H]1[C@@H]2SC3(CC2Br)C(C(=O)N(CC=C)c2ccc(OC)cc2)N([C@@H](CO)Cc2ccccc2)C(=O)[C@H]13. The Labute approximate surface area is 278 Å². The summed E-state index contributed by atoms with van der Waals surface area (Å²) in [6.07, 6.45) is 5.10. The summed E-state index contributed by atoms with van der Waals surface area (Å²) in [5.41, 5.74) is 1.60. The zero-order chi connectivity index (χ0) is 32.3. The first kappa shape index (κ1) is 33.3. The van der Waals surface area contributed by atoms with Crippen LogP contribution in [0.15, 0.2) is 79.9 Å². The number of carbonyl (C=O) groups excluding carboxylic acids is 3. The largest absolute Gasteiger partial charge is 0.497 e. The van der Waals surface area contributed by atoms with Crippen LogP contribution in [0.25, 0.3) is 0 Å². The molecule has 10 heteroatoms. The smallest absolute Gasteiger partial charge is 0.251 e. The van der Waals surface area contributed by atoms with Crippen molar-refractivity contribution in [3.05, 3.63) is 85.5 Å². The van der Waals surface area contributed by atoms with Crippen LogP contribution in [0.3, 0.4) is 0 Å². The maximum Gasteiger partial charge on any atom is 0.251 e. The Morgan fingerprint density at radius 2 is 1.82 bits per heavy atom. The molecule has 8 nitrogen and oxygen atoms in total. The van der Waals surface area contributed by atoms with E-state index >= 15 is 4.79 Å². The number of rotatable bonds is 14. The van der Waals surface area contributed by atoms with Crippen molar-refractivity contribution in [3.63, 3.8) is 0 Å². The maximum atomic E-state index is 15.0. The van der Waals surface area contributed by atoms with Gasteiger partial charge in [0.1, 0.15) is 11.8 Å². The lowest BCUT2D eigenvalue weighted by Gasteiger charge is -2.40. The number of fused-ring (bicyclic) bond motifs is 1. The Bertz CT molecular complexity index is 1410. The number of ether oxygens (including phenoxy) is 1. The van der Waals surface area contributed by atoms with Crippen molar-refractivity contribution in [2.45, 2.75) is 53.1 Å². The molecule has 3 fully saturated rings. The van der Waals surface area contributed by atoms with E-state index in [2.05, 4.69) is 29.1 Å². The lowest BCUT2D eigenvalue weighted by molar-refractivity contribution is -0.145. The summed E-state index contributed by atoms with van der Waals surface area (Å²) in [5, 5.41) is 10.7. The van der Waals surface area contributed by atoms with Gasteiger partial charge in [-0.2, -0.15) is 0 Å². The summed E-state index contributed by atoms with van der Waals surface area (Å²) >= 11 is 5.47. The Morgan fingerprint density at radius 3 is 2.42 bits per heavy atom. The predicted molar refractivity (Wildman–Crippen MR) is 183 cm³/mol. The van der Waals surface area contributed by atoms with Gasteiger partial charge in [-0.25, -0.2) is 0 Å². The molecule has 7 atom stereocenters. The molecule has 1 spiro atoms. The molecule has 0 radical (unpaired) electrons. The second-order valence-corrected chi connectivity index (χ2v) is 14.7. The van der Waals surface area contributed by atoms with Crippen LogP contribution in [0.4, 0.5) is 5.69 Å². The quantitative estimate of drug-likeness (QED) is 0.228. The molecule has 0 aromatic heterocycles. The Hall–Kier alpha value is -3.08. The van der Waals surface area contributed by atoms with Gasteiger partial charge in [-0.15, -0.1) is 24.9 Å². The van der Waals surface area contributed by atoms with Crippen LogP contribution < -0.4 is 9.64 Å². The summed E-state index contributed by atoms with van der Waals surface area (Å²) in [6, 6.07) is 15.4. The number of thioether (sulfide) groups is 1. The number of hydrogen-bond acceptors (Lipinski definition) is 6. The Balaban J connectivity index is 1.62. The van der Waals surface area contributed by atoms with Crippen LogP contribution in [0, 0.1) is 11.8 Å². The Morgan fingerprint density at radius 1 is 1.13 bits per heavy atom. The number of nitrogens with zero attached hydrogens (tertiary/aromatic N) is 3. The highest BCUT2D eigenvalue weighted by molar-refractivity contribution is 9.09. The number of carbonyl (C=O) groups is 3. The van der Waals surface area contributed by atoms with Crippen LogP contribution in [-0.4, -0.2) is 92.9 Å². The highest BCUT2D eigenvalue weighted by Crippen LogP contribution is 2.68. The van der Waals surface area contributed by atoms with Gasteiger partial charge in [-0.1, -0.05) is 65.3 Å². The first-order valence-electron chi connectivity index (χ1n) is 15.5.